The fourth-order valence-electron chi connectivity index (χ4n) is 3.70. The van der Waals surface area contributed by atoms with E-state index in [4.69, 9.17) is 14.2 Å². The second kappa shape index (κ2) is 8.16. The molecular formula is C22H21FN2O5. The summed E-state index contributed by atoms with van der Waals surface area (Å²) in [5.74, 6) is -0.584. The Morgan fingerprint density at radius 2 is 1.67 bits per heavy atom. The molecule has 0 atom stereocenters. The molecule has 2 aromatic carbocycles. The lowest BCUT2D eigenvalue weighted by molar-refractivity contribution is -0.121. The first kappa shape index (κ1) is 19.9. The fourth-order valence-corrected chi connectivity index (χ4v) is 3.70. The van der Waals surface area contributed by atoms with Crippen LogP contribution in [0.3, 0.4) is 0 Å². The van der Waals surface area contributed by atoms with Gasteiger partial charge in [-0.3, -0.25) is 9.59 Å². The Morgan fingerprint density at radius 3 is 2.33 bits per heavy atom. The molecule has 30 heavy (non-hydrogen) atoms. The zero-order valence-corrected chi connectivity index (χ0v) is 16.7. The van der Waals surface area contributed by atoms with E-state index in [-0.39, 0.29) is 17.0 Å². The predicted molar refractivity (Wildman–Crippen MR) is 108 cm³/mol. The van der Waals surface area contributed by atoms with Gasteiger partial charge in [-0.2, -0.15) is 0 Å². The monoisotopic (exact) mass is 412 g/mol. The molecule has 0 aromatic heterocycles. The van der Waals surface area contributed by atoms with Gasteiger partial charge in [0.25, 0.3) is 11.8 Å². The van der Waals surface area contributed by atoms with Crippen LogP contribution in [-0.4, -0.2) is 57.2 Å². The second-order valence-electron chi connectivity index (χ2n) is 6.82. The topological polar surface area (TPSA) is 68.3 Å². The molecule has 0 spiro atoms. The van der Waals surface area contributed by atoms with Crippen molar-refractivity contribution in [3.05, 3.63) is 59.5 Å². The van der Waals surface area contributed by atoms with Crippen LogP contribution in [-0.2, 0) is 14.3 Å². The average Bonchev–Trinajstić information content (AvgIpc) is 3.03. The van der Waals surface area contributed by atoms with Crippen molar-refractivity contribution in [1.29, 1.82) is 0 Å². The minimum absolute atomic E-state index is 0.186. The molecule has 0 N–H and O–H groups in total. The molecule has 7 nitrogen and oxygen atoms in total. The lowest BCUT2D eigenvalue weighted by Gasteiger charge is -2.29. The molecule has 0 unspecified atom stereocenters. The summed E-state index contributed by atoms with van der Waals surface area (Å²) in [4.78, 5) is 29.7. The van der Waals surface area contributed by atoms with Crippen LogP contribution in [0.15, 0.2) is 48.2 Å². The van der Waals surface area contributed by atoms with Crippen LogP contribution in [0.2, 0.25) is 0 Å². The zero-order chi connectivity index (χ0) is 21.3. The number of rotatable bonds is 5. The zero-order valence-electron chi connectivity index (χ0n) is 16.7. The normalized spacial score (nSPS) is 17.0. The van der Waals surface area contributed by atoms with Gasteiger partial charge in [0.2, 0.25) is 0 Å². The summed E-state index contributed by atoms with van der Waals surface area (Å²) >= 11 is 0. The van der Waals surface area contributed by atoms with E-state index in [0.717, 1.165) is 4.90 Å². The quantitative estimate of drug-likeness (QED) is 0.703. The van der Waals surface area contributed by atoms with Gasteiger partial charge in [-0.05, 0) is 35.9 Å². The highest BCUT2D eigenvalue weighted by Gasteiger charge is 2.43. The van der Waals surface area contributed by atoms with Crippen molar-refractivity contribution in [2.45, 2.75) is 0 Å². The number of hydrogen-bond acceptors (Lipinski definition) is 6. The van der Waals surface area contributed by atoms with Gasteiger partial charge in [0, 0.05) is 13.1 Å². The number of benzene rings is 2. The van der Waals surface area contributed by atoms with Crippen molar-refractivity contribution in [3.63, 3.8) is 0 Å². The summed E-state index contributed by atoms with van der Waals surface area (Å²) in [6, 6.07) is 10.5. The molecule has 0 radical (unpaired) electrons. The number of carbonyl (C=O) groups is 2. The molecule has 2 aliphatic rings. The Morgan fingerprint density at radius 1 is 0.933 bits per heavy atom. The maximum absolute atomic E-state index is 13.8. The Hall–Kier alpha value is -3.39. The molecule has 2 heterocycles. The van der Waals surface area contributed by atoms with Gasteiger partial charge >= 0.3 is 0 Å². The van der Waals surface area contributed by atoms with Gasteiger partial charge in [-0.1, -0.05) is 12.1 Å². The number of ether oxygens (including phenoxy) is 3. The third-order valence-electron chi connectivity index (χ3n) is 5.13. The van der Waals surface area contributed by atoms with Crippen molar-refractivity contribution in [3.8, 4) is 11.5 Å². The second-order valence-corrected chi connectivity index (χ2v) is 6.82. The molecule has 0 bridgehead atoms. The van der Waals surface area contributed by atoms with E-state index in [0.29, 0.717) is 43.4 Å². The number of anilines is 1. The summed E-state index contributed by atoms with van der Waals surface area (Å²) < 4.78 is 29.8. The number of imide groups is 1. The summed E-state index contributed by atoms with van der Waals surface area (Å²) in [7, 11) is 3.02. The highest BCUT2D eigenvalue weighted by molar-refractivity contribution is 6.45. The largest absolute Gasteiger partial charge is 0.493 e. The minimum Gasteiger partial charge on any atom is -0.493 e. The van der Waals surface area contributed by atoms with Crippen LogP contribution < -0.4 is 14.4 Å². The van der Waals surface area contributed by atoms with Gasteiger partial charge in [-0.15, -0.1) is 0 Å². The molecule has 2 aromatic rings. The molecule has 2 amide bonds. The highest BCUT2D eigenvalue weighted by atomic mass is 19.1. The van der Waals surface area contributed by atoms with Crippen LogP contribution in [0.5, 0.6) is 11.5 Å². The fraction of sp³-hybridized carbons (Fsp3) is 0.273. The molecule has 1 fully saturated rings. The maximum atomic E-state index is 13.8. The number of amides is 2. The Balaban J connectivity index is 1.85. The summed E-state index contributed by atoms with van der Waals surface area (Å²) in [6.45, 7) is 1.85. The van der Waals surface area contributed by atoms with Crippen molar-refractivity contribution >= 4 is 23.1 Å². The number of methoxy groups -OCH3 is 2. The van der Waals surface area contributed by atoms with Crippen molar-refractivity contribution < 1.29 is 28.2 Å². The van der Waals surface area contributed by atoms with Crippen LogP contribution in [0, 0.1) is 5.82 Å². The molecule has 1 saturated heterocycles. The first-order valence-corrected chi connectivity index (χ1v) is 9.49. The predicted octanol–water partition coefficient (Wildman–Crippen LogP) is 2.46. The van der Waals surface area contributed by atoms with Gasteiger partial charge in [-0.25, -0.2) is 9.29 Å². The van der Waals surface area contributed by atoms with E-state index in [1.54, 1.807) is 18.2 Å². The third kappa shape index (κ3) is 3.39. The maximum Gasteiger partial charge on any atom is 0.282 e. The molecule has 2 aliphatic heterocycles. The van der Waals surface area contributed by atoms with Crippen LogP contribution in [0.25, 0.3) is 5.57 Å². The van der Waals surface area contributed by atoms with E-state index in [1.807, 2.05) is 4.90 Å². The van der Waals surface area contributed by atoms with E-state index >= 15 is 0 Å². The number of carbonyl (C=O) groups excluding carboxylic acids is 2. The Labute approximate surface area is 173 Å². The highest BCUT2D eigenvalue weighted by Crippen LogP contribution is 2.38. The lowest BCUT2D eigenvalue weighted by Crippen LogP contribution is -2.40. The summed E-state index contributed by atoms with van der Waals surface area (Å²) in [5, 5.41) is 0. The number of nitrogens with zero attached hydrogens (tertiary/aromatic N) is 2. The van der Waals surface area contributed by atoms with E-state index in [9.17, 15) is 14.0 Å². The number of halogens is 1. The molecule has 0 saturated carbocycles. The van der Waals surface area contributed by atoms with Crippen molar-refractivity contribution in [1.82, 2.24) is 4.90 Å². The van der Waals surface area contributed by atoms with Gasteiger partial charge in [0.15, 0.2) is 11.5 Å². The average molecular weight is 412 g/mol. The first-order chi connectivity index (χ1) is 14.5. The smallest absolute Gasteiger partial charge is 0.282 e. The van der Waals surface area contributed by atoms with Crippen LogP contribution in [0.1, 0.15) is 5.56 Å². The Bertz CT molecular complexity index is 1030. The van der Waals surface area contributed by atoms with Gasteiger partial charge < -0.3 is 19.1 Å². The third-order valence-corrected chi connectivity index (χ3v) is 5.13. The number of hydrogen-bond donors (Lipinski definition) is 0. The van der Waals surface area contributed by atoms with Crippen LogP contribution in [0.4, 0.5) is 10.1 Å². The molecule has 4 rings (SSSR count). The van der Waals surface area contributed by atoms with Gasteiger partial charge in [0.05, 0.1) is 38.7 Å². The Kier molecular flexibility index (Phi) is 5.41. The molecule has 8 heteroatoms. The van der Waals surface area contributed by atoms with E-state index < -0.39 is 17.6 Å². The molecule has 0 aliphatic carbocycles. The first-order valence-electron chi connectivity index (χ1n) is 9.49. The standard InChI is InChI=1S/C22H21FN2O5/c1-28-17-7-6-14(12-18(17)29-2)19-20(24-8-10-30-11-9-24)22(27)25(21(19)26)16-5-3-4-15(23)13-16/h3-7,12-13H,8-11H2,1-2H3. The number of morpholine rings is 1. The minimum atomic E-state index is -0.527. The van der Waals surface area contributed by atoms with Crippen molar-refractivity contribution in [2.24, 2.45) is 0 Å². The summed E-state index contributed by atoms with van der Waals surface area (Å²) in [6.07, 6.45) is 0. The van der Waals surface area contributed by atoms with Crippen LogP contribution >= 0.6 is 0 Å². The van der Waals surface area contributed by atoms with E-state index in [1.165, 1.54) is 38.5 Å². The lowest BCUT2D eigenvalue weighted by atomic mass is 10.0. The summed E-state index contributed by atoms with van der Waals surface area (Å²) in [5.41, 5.74) is 1.23. The van der Waals surface area contributed by atoms with E-state index in [2.05, 4.69) is 0 Å². The van der Waals surface area contributed by atoms with Crippen molar-refractivity contribution in [2.75, 3.05) is 45.4 Å². The van der Waals surface area contributed by atoms with Gasteiger partial charge in [0.1, 0.15) is 11.5 Å². The SMILES string of the molecule is COc1ccc(C2=C(N3CCOCC3)C(=O)N(c3cccc(F)c3)C2=O)cc1OC. The molecule has 156 valence electrons. The molecular weight excluding hydrogens is 391 g/mol.